The quantitative estimate of drug-likeness (QED) is 0.799. The third kappa shape index (κ3) is 3.32. The van der Waals surface area contributed by atoms with Crippen LogP contribution in [0.2, 0.25) is 0 Å². The summed E-state index contributed by atoms with van der Waals surface area (Å²) in [4.78, 5) is 11.4. The van der Waals surface area contributed by atoms with Crippen molar-refractivity contribution in [2.45, 2.75) is 26.3 Å². The first-order valence-electron chi connectivity index (χ1n) is 4.81. The lowest BCUT2D eigenvalue weighted by molar-refractivity contribution is -0.116. The topological polar surface area (TPSA) is 55.1 Å². The van der Waals surface area contributed by atoms with Crippen LogP contribution in [0, 0.1) is 12.7 Å². The van der Waals surface area contributed by atoms with E-state index in [1.165, 1.54) is 6.07 Å². The number of anilines is 1. The van der Waals surface area contributed by atoms with Crippen molar-refractivity contribution in [1.82, 2.24) is 0 Å². The van der Waals surface area contributed by atoms with Crippen molar-refractivity contribution in [2.24, 2.45) is 5.73 Å². The molecule has 15 heavy (non-hydrogen) atoms. The van der Waals surface area contributed by atoms with Crippen LogP contribution in [0.1, 0.15) is 18.9 Å². The third-order valence-corrected chi connectivity index (χ3v) is 2.05. The highest BCUT2D eigenvalue weighted by Gasteiger charge is 2.08. The van der Waals surface area contributed by atoms with Crippen molar-refractivity contribution in [2.75, 3.05) is 5.32 Å². The van der Waals surface area contributed by atoms with Gasteiger partial charge in [-0.25, -0.2) is 4.39 Å². The van der Waals surface area contributed by atoms with Crippen molar-refractivity contribution in [3.63, 3.8) is 0 Å². The van der Waals surface area contributed by atoms with Crippen LogP contribution in [0.4, 0.5) is 10.1 Å². The summed E-state index contributed by atoms with van der Waals surface area (Å²) in [7, 11) is 0. The first-order valence-corrected chi connectivity index (χ1v) is 4.81. The summed E-state index contributed by atoms with van der Waals surface area (Å²) in [6.07, 6.45) is 0.232. The molecule has 0 aliphatic carbocycles. The molecule has 0 spiro atoms. The van der Waals surface area contributed by atoms with E-state index in [4.69, 9.17) is 5.73 Å². The van der Waals surface area contributed by atoms with Gasteiger partial charge in [-0.15, -0.1) is 0 Å². The van der Waals surface area contributed by atoms with E-state index in [9.17, 15) is 9.18 Å². The van der Waals surface area contributed by atoms with Gasteiger partial charge < -0.3 is 11.1 Å². The second-order valence-electron chi connectivity index (χ2n) is 3.64. The Kier molecular flexibility index (Phi) is 3.80. The molecule has 0 aliphatic heterocycles. The lowest BCUT2D eigenvalue weighted by Crippen LogP contribution is -2.24. The SMILES string of the molecule is Cc1c(F)cccc1NC(=O)CC(C)N. The molecular formula is C11H15FN2O. The van der Waals surface area contributed by atoms with Gasteiger partial charge in [0.25, 0.3) is 0 Å². The predicted octanol–water partition coefficient (Wildman–Crippen LogP) is 1.81. The minimum atomic E-state index is -0.325. The number of halogens is 1. The molecule has 0 aliphatic rings. The van der Waals surface area contributed by atoms with Gasteiger partial charge >= 0.3 is 0 Å². The molecule has 1 rings (SSSR count). The Morgan fingerprint density at radius 1 is 1.60 bits per heavy atom. The van der Waals surface area contributed by atoms with Gasteiger partial charge in [-0.3, -0.25) is 4.79 Å². The second-order valence-corrected chi connectivity index (χ2v) is 3.64. The smallest absolute Gasteiger partial charge is 0.225 e. The Labute approximate surface area is 88.5 Å². The van der Waals surface area contributed by atoms with Crippen LogP contribution >= 0.6 is 0 Å². The summed E-state index contributed by atoms with van der Waals surface area (Å²) in [5.74, 6) is -0.521. The highest BCUT2D eigenvalue weighted by Crippen LogP contribution is 2.17. The number of carbonyl (C=O) groups excluding carboxylic acids is 1. The van der Waals surface area contributed by atoms with Gasteiger partial charge in [0.1, 0.15) is 5.82 Å². The largest absolute Gasteiger partial charge is 0.327 e. The molecule has 1 amide bonds. The second kappa shape index (κ2) is 4.89. The number of nitrogens with two attached hydrogens (primary N) is 1. The molecule has 0 aromatic heterocycles. The average Bonchev–Trinajstić information content (AvgIpc) is 2.11. The van der Waals surface area contributed by atoms with Gasteiger partial charge in [0.2, 0.25) is 5.91 Å². The Balaban J connectivity index is 2.73. The molecule has 0 bridgehead atoms. The number of amides is 1. The van der Waals surface area contributed by atoms with Gasteiger partial charge in [0.15, 0.2) is 0 Å². The Hall–Kier alpha value is -1.42. The highest BCUT2D eigenvalue weighted by atomic mass is 19.1. The number of hydrogen-bond acceptors (Lipinski definition) is 2. The number of nitrogens with one attached hydrogen (secondary N) is 1. The molecule has 1 atom stereocenters. The van der Waals surface area contributed by atoms with Crippen molar-refractivity contribution in [3.8, 4) is 0 Å². The molecule has 1 aromatic rings. The van der Waals surface area contributed by atoms with E-state index >= 15 is 0 Å². The Morgan fingerprint density at radius 2 is 2.27 bits per heavy atom. The van der Waals surface area contributed by atoms with Crippen LogP contribution in [0.3, 0.4) is 0 Å². The average molecular weight is 210 g/mol. The van der Waals surface area contributed by atoms with E-state index in [2.05, 4.69) is 5.32 Å². The fourth-order valence-corrected chi connectivity index (χ4v) is 1.24. The molecule has 1 unspecified atom stereocenters. The third-order valence-electron chi connectivity index (χ3n) is 2.05. The van der Waals surface area contributed by atoms with E-state index in [0.717, 1.165) is 0 Å². The molecule has 0 saturated carbocycles. The van der Waals surface area contributed by atoms with Gasteiger partial charge in [0.05, 0.1) is 0 Å². The molecule has 0 heterocycles. The molecule has 0 saturated heterocycles. The van der Waals surface area contributed by atoms with Gasteiger partial charge in [-0.1, -0.05) is 6.07 Å². The zero-order valence-corrected chi connectivity index (χ0v) is 8.88. The summed E-state index contributed by atoms with van der Waals surface area (Å²) in [5, 5.41) is 2.62. The lowest BCUT2D eigenvalue weighted by Gasteiger charge is -2.09. The predicted molar refractivity (Wildman–Crippen MR) is 58.0 cm³/mol. The molecule has 82 valence electrons. The monoisotopic (exact) mass is 210 g/mol. The van der Waals surface area contributed by atoms with E-state index in [0.29, 0.717) is 11.3 Å². The fraction of sp³-hybridized carbons (Fsp3) is 0.364. The Morgan fingerprint density at radius 3 is 2.87 bits per heavy atom. The molecule has 0 fully saturated rings. The van der Waals surface area contributed by atoms with Crippen LogP contribution in [-0.2, 0) is 4.79 Å². The first kappa shape index (κ1) is 11.7. The van der Waals surface area contributed by atoms with E-state index in [1.54, 1.807) is 26.0 Å². The zero-order chi connectivity index (χ0) is 11.4. The molecular weight excluding hydrogens is 195 g/mol. The number of hydrogen-bond donors (Lipinski definition) is 2. The summed E-state index contributed by atoms with van der Waals surface area (Å²) in [6, 6.07) is 4.39. The molecule has 3 N–H and O–H groups in total. The summed E-state index contributed by atoms with van der Waals surface area (Å²) >= 11 is 0. The molecule has 0 radical (unpaired) electrons. The van der Waals surface area contributed by atoms with Crippen LogP contribution in [0.15, 0.2) is 18.2 Å². The van der Waals surface area contributed by atoms with Crippen molar-refractivity contribution >= 4 is 11.6 Å². The number of carbonyl (C=O) groups is 1. The van der Waals surface area contributed by atoms with Crippen molar-refractivity contribution in [3.05, 3.63) is 29.6 Å². The Bertz CT molecular complexity index is 364. The van der Waals surface area contributed by atoms with Gasteiger partial charge in [-0.2, -0.15) is 0 Å². The standard InChI is InChI=1S/C11H15FN2O/c1-7(13)6-11(15)14-10-5-3-4-9(12)8(10)2/h3-5,7H,6,13H2,1-2H3,(H,14,15). The summed E-state index contributed by atoms with van der Waals surface area (Å²) in [5.41, 5.74) is 6.42. The molecule has 1 aromatic carbocycles. The van der Waals surface area contributed by atoms with Crippen molar-refractivity contribution < 1.29 is 9.18 Å². The molecule has 3 nitrogen and oxygen atoms in total. The summed E-state index contributed by atoms with van der Waals surface area (Å²) < 4.78 is 13.1. The zero-order valence-electron chi connectivity index (χ0n) is 8.88. The van der Waals surface area contributed by atoms with E-state index < -0.39 is 0 Å². The van der Waals surface area contributed by atoms with Gasteiger partial charge in [-0.05, 0) is 26.0 Å². The van der Waals surface area contributed by atoms with Gasteiger partial charge in [0, 0.05) is 23.7 Å². The highest BCUT2D eigenvalue weighted by molar-refractivity contribution is 5.91. The van der Waals surface area contributed by atoms with Crippen LogP contribution in [-0.4, -0.2) is 11.9 Å². The minimum Gasteiger partial charge on any atom is -0.327 e. The van der Waals surface area contributed by atoms with Crippen LogP contribution in [0.5, 0.6) is 0 Å². The fourth-order valence-electron chi connectivity index (χ4n) is 1.24. The maximum Gasteiger partial charge on any atom is 0.225 e. The van der Waals surface area contributed by atoms with Crippen LogP contribution < -0.4 is 11.1 Å². The summed E-state index contributed by atoms with van der Waals surface area (Å²) in [6.45, 7) is 3.37. The van der Waals surface area contributed by atoms with Crippen LogP contribution in [0.25, 0.3) is 0 Å². The van der Waals surface area contributed by atoms with E-state index in [1.807, 2.05) is 0 Å². The lowest BCUT2D eigenvalue weighted by atomic mass is 10.1. The number of rotatable bonds is 3. The first-order chi connectivity index (χ1) is 7.00. The van der Waals surface area contributed by atoms with E-state index in [-0.39, 0.29) is 24.2 Å². The number of benzene rings is 1. The minimum absolute atomic E-state index is 0.195. The maximum atomic E-state index is 13.1. The van der Waals surface area contributed by atoms with Crippen molar-refractivity contribution in [1.29, 1.82) is 0 Å². The molecule has 4 heteroatoms. The normalized spacial score (nSPS) is 12.3. The maximum absolute atomic E-state index is 13.1.